The Morgan fingerprint density at radius 1 is 1.11 bits per heavy atom. The Labute approximate surface area is 164 Å². The van der Waals surface area contributed by atoms with Crippen LogP contribution in [0.2, 0.25) is 0 Å². The maximum atomic E-state index is 13.1. The van der Waals surface area contributed by atoms with Gasteiger partial charge in [-0.25, -0.2) is 4.39 Å². The van der Waals surface area contributed by atoms with Crippen LogP contribution in [0.3, 0.4) is 0 Å². The Morgan fingerprint density at radius 2 is 1.85 bits per heavy atom. The van der Waals surface area contributed by atoms with Gasteiger partial charge >= 0.3 is 0 Å². The van der Waals surface area contributed by atoms with Crippen LogP contribution < -0.4 is 0 Å². The van der Waals surface area contributed by atoms with Crippen LogP contribution in [0.1, 0.15) is 41.6 Å². The number of carbonyl (C=O) groups excluding carboxylic acids is 1. The normalized spacial score (nSPS) is 17.1. The minimum Gasteiger partial charge on any atom is -0.337 e. The van der Waals surface area contributed by atoms with Crippen molar-refractivity contribution in [3.05, 3.63) is 70.3 Å². The molecule has 0 bridgehead atoms. The zero-order valence-electron chi connectivity index (χ0n) is 14.4. The van der Waals surface area contributed by atoms with Crippen molar-refractivity contribution < 1.29 is 13.7 Å². The number of carbonyl (C=O) groups is 1. The van der Waals surface area contributed by atoms with E-state index in [1.807, 2.05) is 12.1 Å². The lowest BCUT2D eigenvalue weighted by Gasteiger charge is -2.33. The molecule has 1 atom stereocenters. The molecule has 0 spiro atoms. The summed E-state index contributed by atoms with van der Waals surface area (Å²) in [6.07, 6.45) is 2.70. The molecule has 2 heterocycles. The molecule has 1 fully saturated rings. The molecule has 27 heavy (non-hydrogen) atoms. The van der Waals surface area contributed by atoms with E-state index in [-0.39, 0.29) is 17.8 Å². The summed E-state index contributed by atoms with van der Waals surface area (Å²) < 4.78 is 19.5. The molecule has 5 nitrogen and oxygen atoms in total. The second-order valence-electron chi connectivity index (χ2n) is 6.48. The predicted molar refractivity (Wildman–Crippen MR) is 101 cm³/mol. The number of amides is 1. The highest BCUT2D eigenvalue weighted by atomic mass is 79.9. The molecule has 0 saturated carbocycles. The van der Waals surface area contributed by atoms with Crippen LogP contribution in [0.5, 0.6) is 0 Å². The topological polar surface area (TPSA) is 59.2 Å². The third-order valence-electron chi connectivity index (χ3n) is 4.68. The van der Waals surface area contributed by atoms with Gasteiger partial charge in [0.15, 0.2) is 0 Å². The molecule has 3 aromatic rings. The first-order chi connectivity index (χ1) is 13.1. The van der Waals surface area contributed by atoms with Crippen molar-refractivity contribution in [2.24, 2.45) is 0 Å². The van der Waals surface area contributed by atoms with E-state index in [1.54, 1.807) is 29.2 Å². The van der Waals surface area contributed by atoms with Crippen LogP contribution in [-0.4, -0.2) is 27.5 Å². The van der Waals surface area contributed by atoms with Gasteiger partial charge in [-0.3, -0.25) is 4.79 Å². The Bertz CT molecular complexity index is 941. The Balaban J connectivity index is 1.60. The van der Waals surface area contributed by atoms with Gasteiger partial charge in [-0.05, 0) is 67.8 Å². The summed E-state index contributed by atoms with van der Waals surface area (Å²) in [5, 5.41) is 4.02. The van der Waals surface area contributed by atoms with Crippen molar-refractivity contribution in [1.29, 1.82) is 0 Å². The molecule has 138 valence electrons. The van der Waals surface area contributed by atoms with Crippen LogP contribution in [0.15, 0.2) is 57.5 Å². The number of benzene rings is 2. The molecule has 1 aliphatic heterocycles. The minimum atomic E-state index is -0.319. The largest absolute Gasteiger partial charge is 0.337 e. The molecule has 0 aliphatic carbocycles. The summed E-state index contributed by atoms with van der Waals surface area (Å²) in [5.41, 5.74) is 1.30. The van der Waals surface area contributed by atoms with Crippen molar-refractivity contribution in [3.63, 3.8) is 0 Å². The average Bonchev–Trinajstić information content (AvgIpc) is 3.19. The fourth-order valence-corrected chi connectivity index (χ4v) is 3.54. The standard InChI is InChI=1S/C20H17BrFN3O2/c21-15-8-4-14(5-9-15)20(26)25-12-2-1-3-17(25)19-23-18(24-27-19)13-6-10-16(22)11-7-13/h4-11,17H,1-3,12H2. The molecule has 0 radical (unpaired) electrons. The van der Waals surface area contributed by atoms with Crippen molar-refractivity contribution in [2.45, 2.75) is 25.3 Å². The van der Waals surface area contributed by atoms with Gasteiger partial charge in [0, 0.05) is 22.1 Å². The second-order valence-corrected chi connectivity index (χ2v) is 7.40. The molecular formula is C20H17BrFN3O2. The van der Waals surface area contributed by atoms with E-state index in [0.717, 1.165) is 23.7 Å². The SMILES string of the molecule is O=C(c1ccc(Br)cc1)N1CCCCC1c1nc(-c2ccc(F)cc2)no1. The number of likely N-dealkylation sites (tertiary alicyclic amines) is 1. The quantitative estimate of drug-likeness (QED) is 0.587. The molecule has 1 aromatic heterocycles. The summed E-state index contributed by atoms with van der Waals surface area (Å²) in [6, 6.07) is 13.0. The van der Waals surface area contributed by atoms with Crippen LogP contribution >= 0.6 is 15.9 Å². The zero-order chi connectivity index (χ0) is 18.8. The monoisotopic (exact) mass is 429 g/mol. The van der Waals surface area contributed by atoms with Crippen LogP contribution in [-0.2, 0) is 0 Å². The number of hydrogen-bond acceptors (Lipinski definition) is 4. The highest BCUT2D eigenvalue weighted by Gasteiger charge is 2.32. The van der Waals surface area contributed by atoms with Gasteiger partial charge in [0.1, 0.15) is 11.9 Å². The minimum absolute atomic E-state index is 0.0475. The summed E-state index contributed by atoms with van der Waals surface area (Å²) in [7, 11) is 0. The number of rotatable bonds is 3. The smallest absolute Gasteiger partial charge is 0.254 e. The van der Waals surface area contributed by atoms with Crippen LogP contribution in [0.4, 0.5) is 4.39 Å². The maximum Gasteiger partial charge on any atom is 0.254 e. The van der Waals surface area contributed by atoms with Crippen molar-refractivity contribution in [3.8, 4) is 11.4 Å². The third-order valence-corrected chi connectivity index (χ3v) is 5.21. The highest BCUT2D eigenvalue weighted by Crippen LogP contribution is 2.32. The zero-order valence-corrected chi connectivity index (χ0v) is 16.0. The first kappa shape index (κ1) is 17.9. The van der Waals surface area contributed by atoms with Gasteiger partial charge in [-0.15, -0.1) is 0 Å². The number of nitrogens with zero attached hydrogens (tertiary/aromatic N) is 3. The first-order valence-corrected chi connectivity index (χ1v) is 9.57. The number of hydrogen-bond donors (Lipinski definition) is 0. The Hall–Kier alpha value is -2.54. The predicted octanol–water partition coefficient (Wildman–Crippen LogP) is 5.01. The van der Waals surface area contributed by atoms with Crippen LogP contribution in [0, 0.1) is 5.82 Å². The van der Waals surface area contributed by atoms with Gasteiger partial charge in [0.05, 0.1) is 0 Å². The molecule has 1 aliphatic rings. The first-order valence-electron chi connectivity index (χ1n) is 8.78. The van der Waals surface area contributed by atoms with Gasteiger partial charge in [-0.1, -0.05) is 21.1 Å². The van der Waals surface area contributed by atoms with Crippen molar-refractivity contribution in [1.82, 2.24) is 15.0 Å². The molecular weight excluding hydrogens is 413 g/mol. The molecule has 2 aromatic carbocycles. The Morgan fingerprint density at radius 3 is 2.59 bits per heavy atom. The number of piperidine rings is 1. The molecule has 0 N–H and O–H groups in total. The summed E-state index contributed by atoms with van der Waals surface area (Å²) in [4.78, 5) is 19.3. The molecule has 7 heteroatoms. The average molecular weight is 430 g/mol. The van der Waals surface area contributed by atoms with E-state index in [4.69, 9.17) is 4.52 Å². The summed E-state index contributed by atoms with van der Waals surface area (Å²) in [5.74, 6) is 0.445. The van der Waals surface area contributed by atoms with Crippen LogP contribution in [0.25, 0.3) is 11.4 Å². The highest BCUT2D eigenvalue weighted by molar-refractivity contribution is 9.10. The summed E-state index contributed by atoms with van der Waals surface area (Å²) in [6.45, 7) is 0.647. The van der Waals surface area contributed by atoms with E-state index < -0.39 is 0 Å². The Kier molecular flexibility index (Phi) is 5.03. The van der Waals surface area contributed by atoms with Gasteiger partial charge in [0.2, 0.25) is 11.7 Å². The van der Waals surface area contributed by atoms with Gasteiger partial charge < -0.3 is 9.42 Å². The van der Waals surface area contributed by atoms with E-state index in [9.17, 15) is 9.18 Å². The lowest BCUT2D eigenvalue weighted by molar-refractivity contribution is 0.0561. The van der Waals surface area contributed by atoms with E-state index in [2.05, 4.69) is 26.1 Å². The molecule has 1 saturated heterocycles. The summed E-state index contributed by atoms with van der Waals surface area (Å²) >= 11 is 3.39. The lowest BCUT2D eigenvalue weighted by Crippen LogP contribution is -2.38. The van der Waals surface area contributed by atoms with E-state index >= 15 is 0 Å². The fraction of sp³-hybridized carbons (Fsp3) is 0.250. The maximum absolute atomic E-state index is 13.1. The molecule has 1 amide bonds. The van der Waals surface area contributed by atoms with Gasteiger partial charge in [-0.2, -0.15) is 4.98 Å². The van der Waals surface area contributed by atoms with E-state index in [1.165, 1.54) is 12.1 Å². The molecule has 1 unspecified atom stereocenters. The number of halogens is 2. The lowest BCUT2D eigenvalue weighted by atomic mass is 10.0. The van der Waals surface area contributed by atoms with E-state index in [0.29, 0.717) is 29.4 Å². The molecule has 4 rings (SSSR count). The van der Waals surface area contributed by atoms with Gasteiger partial charge in [0.25, 0.3) is 5.91 Å². The van der Waals surface area contributed by atoms with Crippen molar-refractivity contribution >= 4 is 21.8 Å². The second kappa shape index (κ2) is 7.60. The number of aromatic nitrogens is 2. The van der Waals surface area contributed by atoms with Crippen molar-refractivity contribution in [2.75, 3.05) is 6.54 Å². The fourth-order valence-electron chi connectivity index (χ4n) is 3.28. The third kappa shape index (κ3) is 3.78.